The second-order valence-corrected chi connectivity index (χ2v) is 4.29. The molecule has 0 bridgehead atoms. The first-order valence-electron chi connectivity index (χ1n) is 4.73. The molecule has 2 aromatic rings. The number of nitrogens with zero attached hydrogens (tertiary/aromatic N) is 3. The third-order valence-electron chi connectivity index (χ3n) is 2.52. The third kappa shape index (κ3) is 1.37. The van der Waals surface area contributed by atoms with Crippen molar-refractivity contribution in [1.29, 1.82) is 0 Å². The summed E-state index contributed by atoms with van der Waals surface area (Å²) < 4.78 is 2.89. The molecule has 0 fully saturated rings. The molecular formula is C9H11ClN4O2. The molecule has 86 valence electrons. The fourth-order valence-corrected chi connectivity index (χ4v) is 1.88. The molecule has 2 heterocycles. The largest absolute Gasteiger partial charge is 0.329 e. The summed E-state index contributed by atoms with van der Waals surface area (Å²) in [6, 6.07) is 0. The predicted molar refractivity (Wildman–Crippen MR) is 60.8 cm³/mol. The highest BCUT2D eigenvalue weighted by atomic mass is 35.5. The number of imidazole rings is 1. The summed E-state index contributed by atoms with van der Waals surface area (Å²) in [7, 11) is 3.25. The van der Waals surface area contributed by atoms with Gasteiger partial charge in [0.25, 0.3) is 5.56 Å². The van der Waals surface area contributed by atoms with Crippen molar-refractivity contribution >= 4 is 22.8 Å². The third-order valence-corrected chi connectivity index (χ3v) is 2.72. The number of H-pyrrole nitrogens is 1. The Balaban J connectivity index is 3.02. The van der Waals surface area contributed by atoms with E-state index in [2.05, 4.69) is 9.97 Å². The molecule has 6 nitrogen and oxygen atoms in total. The van der Waals surface area contributed by atoms with E-state index >= 15 is 0 Å². The average molecular weight is 243 g/mol. The maximum atomic E-state index is 11.6. The van der Waals surface area contributed by atoms with Crippen molar-refractivity contribution < 1.29 is 0 Å². The first-order chi connectivity index (χ1) is 7.43. The molecular weight excluding hydrogens is 232 g/mol. The SMILES string of the molecule is C[C@H](Cl)c1nc2c(c(=O)[nH]c(=O)n2C)n1C. The standard InChI is InChI=1S/C9H11ClN4O2/c1-4(10)6-11-7-5(13(6)2)8(15)12-9(16)14(7)3/h4H,1-3H3,(H,12,15,16)/t4-/m0/s1. The van der Waals surface area contributed by atoms with Crippen LogP contribution >= 0.6 is 11.6 Å². The van der Waals surface area contributed by atoms with Gasteiger partial charge in [-0.15, -0.1) is 11.6 Å². The van der Waals surface area contributed by atoms with Gasteiger partial charge in [0, 0.05) is 14.1 Å². The van der Waals surface area contributed by atoms with Crippen LogP contribution < -0.4 is 11.2 Å². The molecule has 2 rings (SSSR count). The van der Waals surface area contributed by atoms with E-state index in [4.69, 9.17) is 11.6 Å². The Labute approximate surface area is 95.5 Å². The minimum absolute atomic E-state index is 0.327. The Morgan fingerprint density at radius 2 is 1.94 bits per heavy atom. The summed E-state index contributed by atoms with van der Waals surface area (Å²) in [4.78, 5) is 29.4. The summed E-state index contributed by atoms with van der Waals surface area (Å²) in [5.41, 5.74) is -0.232. The van der Waals surface area contributed by atoms with Gasteiger partial charge in [0.1, 0.15) is 5.82 Å². The van der Waals surface area contributed by atoms with Crippen LogP contribution in [0.15, 0.2) is 9.59 Å². The van der Waals surface area contributed by atoms with E-state index < -0.39 is 11.2 Å². The lowest BCUT2D eigenvalue weighted by Gasteiger charge is -2.01. The molecule has 0 radical (unpaired) electrons. The number of hydrogen-bond acceptors (Lipinski definition) is 3. The molecule has 0 aromatic carbocycles. The minimum Gasteiger partial charge on any atom is -0.324 e. The monoisotopic (exact) mass is 242 g/mol. The number of nitrogens with one attached hydrogen (secondary N) is 1. The molecule has 0 aliphatic rings. The van der Waals surface area contributed by atoms with E-state index in [1.807, 2.05) is 0 Å². The number of aryl methyl sites for hydroxylation is 2. The molecule has 0 saturated carbocycles. The zero-order valence-corrected chi connectivity index (χ0v) is 9.87. The summed E-state index contributed by atoms with van der Waals surface area (Å²) in [5, 5.41) is -0.327. The molecule has 0 unspecified atom stereocenters. The molecule has 2 aromatic heterocycles. The highest BCUT2D eigenvalue weighted by Gasteiger charge is 2.17. The maximum absolute atomic E-state index is 11.6. The molecule has 0 saturated heterocycles. The van der Waals surface area contributed by atoms with Crippen LogP contribution in [0.1, 0.15) is 18.1 Å². The van der Waals surface area contributed by atoms with Gasteiger partial charge in [0.05, 0.1) is 5.38 Å². The molecule has 0 amide bonds. The smallest absolute Gasteiger partial charge is 0.324 e. The van der Waals surface area contributed by atoms with E-state index in [9.17, 15) is 9.59 Å². The minimum atomic E-state index is -0.482. The number of aromatic amines is 1. The fraction of sp³-hybridized carbons (Fsp3) is 0.444. The molecule has 1 atom stereocenters. The lowest BCUT2D eigenvalue weighted by molar-refractivity contribution is 0.809. The van der Waals surface area contributed by atoms with Crippen LogP contribution in [0.3, 0.4) is 0 Å². The van der Waals surface area contributed by atoms with Gasteiger partial charge in [-0.1, -0.05) is 0 Å². The highest BCUT2D eigenvalue weighted by Crippen LogP contribution is 2.20. The van der Waals surface area contributed by atoms with E-state index in [0.29, 0.717) is 17.0 Å². The Hall–Kier alpha value is -1.56. The van der Waals surface area contributed by atoms with Gasteiger partial charge >= 0.3 is 5.69 Å². The van der Waals surface area contributed by atoms with Gasteiger partial charge in [0.15, 0.2) is 11.2 Å². The van der Waals surface area contributed by atoms with Gasteiger partial charge in [-0.3, -0.25) is 14.3 Å². The van der Waals surface area contributed by atoms with Gasteiger partial charge in [-0.2, -0.15) is 0 Å². The Morgan fingerprint density at radius 3 is 2.50 bits per heavy atom. The first-order valence-corrected chi connectivity index (χ1v) is 5.16. The second kappa shape index (κ2) is 3.48. The number of aromatic nitrogens is 4. The number of halogens is 1. The van der Waals surface area contributed by atoms with Crippen LogP contribution in [0.5, 0.6) is 0 Å². The van der Waals surface area contributed by atoms with Gasteiger partial charge in [0.2, 0.25) is 0 Å². The molecule has 0 spiro atoms. The Kier molecular flexibility index (Phi) is 2.38. The topological polar surface area (TPSA) is 72.7 Å². The van der Waals surface area contributed by atoms with Crippen molar-refractivity contribution in [2.75, 3.05) is 0 Å². The summed E-state index contributed by atoms with van der Waals surface area (Å²) in [5.74, 6) is 0.559. The van der Waals surface area contributed by atoms with E-state index in [1.165, 1.54) is 4.57 Å². The number of hydrogen-bond donors (Lipinski definition) is 1. The zero-order valence-electron chi connectivity index (χ0n) is 9.11. The Morgan fingerprint density at radius 1 is 1.31 bits per heavy atom. The Bertz CT molecular complexity index is 664. The zero-order chi connectivity index (χ0) is 12.0. The van der Waals surface area contributed by atoms with Gasteiger partial charge in [-0.25, -0.2) is 9.78 Å². The van der Waals surface area contributed by atoms with E-state index in [0.717, 1.165) is 0 Å². The molecule has 1 N–H and O–H groups in total. The van der Waals surface area contributed by atoms with Crippen molar-refractivity contribution in [3.05, 3.63) is 26.7 Å². The van der Waals surface area contributed by atoms with Gasteiger partial charge in [-0.05, 0) is 6.92 Å². The van der Waals surface area contributed by atoms with Gasteiger partial charge < -0.3 is 4.57 Å². The van der Waals surface area contributed by atoms with Crippen molar-refractivity contribution in [1.82, 2.24) is 19.1 Å². The second-order valence-electron chi connectivity index (χ2n) is 3.64. The van der Waals surface area contributed by atoms with Crippen molar-refractivity contribution in [2.24, 2.45) is 14.1 Å². The van der Waals surface area contributed by atoms with Crippen LogP contribution in [-0.2, 0) is 14.1 Å². The fourth-order valence-electron chi connectivity index (χ4n) is 1.68. The van der Waals surface area contributed by atoms with Crippen LogP contribution in [-0.4, -0.2) is 19.1 Å². The number of alkyl halides is 1. The lowest BCUT2D eigenvalue weighted by Crippen LogP contribution is -2.29. The predicted octanol–water partition coefficient (Wildman–Crippen LogP) is 0.260. The summed E-state index contributed by atoms with van der Waals surface area (Å²) in [6.07, 6.45) is 0. The summed E-state index contributed by atoms with van der Waals surface area (Å²) in [6.45, 7) is 1.76. The van der Waals surface area contributed by atoms with Crippen molar-refractivity contribution in [2.45, 2.75) is 12.3 Å². The quantitative estimate of drug-likeness (QED) is 0.729. The van der Waals surface area contributed by atoms with Crippen LogP contribution in [0.2, 0.25) is 0 Å². The molecule has 0 aliphatic carbocycles. The van der Waals surface area contributed by atoms with Crippen LogP contribution in [0, 0.1) is 0 Å². The number of fused-ring (bicyclic) bond motifs is 1. The average Bonchev–Trinajstić information content (AvgIpc) is 2.53. The maximum Gasteiger partial charge on any atom is 0.329 e. The van der Waals surface area contributed by atoms with Crippen molar-refractivity contribution in [3.8, 4) is 0 Å². The molecule has 7 heteroatoms. The van der Waals surface area contributed by atoms with E-state index in [-0.39, 0.29) is 5.38 Å². The lowest BCUT2D eigenvalue weighted by atomic mass is 10.4. The van der Waals surface area contributed by atoms with Crippen LogP contribution in [0.4, 0.5) is 0 Å². The normalized spacial score (nSPS) is 13.2. The molecule has 0 aliphatic heterocycles. The summed E-state index contributed by atoms with van der Waals surface area (Å²) >= 11 is 5.94. The van der Waals surface area contributed by atoms with Crippen LogP contribution in [0.25, 0.3) is 11.2 Å². The number of rotatable bonds is 1. The highest BCUT2D eigenvalue weighted by molar-refractivity contribution is 6.20. The molecule has 16 heavy (non-hydrogen) atoms. The van der Waals surface area contributed by atoms with Crippen molar-refractivity contribution in [3.63, 3.8) is 0 Å². The van der Waals surface area contributed by atoms with E-state index in [1.54, 1.807) is 25.6 Å². The first kappa shape index (κ1) is 10.9.